The smallest absolute Gasteiger partial charge is 0.191 e. The second-order valence-electron chi connectivity index (χ2n) is 7.73. The van der Waals surface area contributed by atoms with Crippen molar-refractivity contribution in [1.29, 1.82) is 0 Å². The van der Waals surface area contributed by atoms with E-state index in [4.69, 9.17) is 14.5 Å². The number of benzene rings is 2. The molecule has 0 bridgehead atoms. The first-order valence-corrected chi connectivity index (χ1v) is 11.3. The molecule has 0 radical (unpaired) electrons. The SMILES string of the molecule is CCNC(=NCc1ccccc1CN1CCOCC1)NCCCc1ccc(OC)cc1.I. The van der Waals surface area contributed by atoms with Crippen LogP contribution in [0.3, 0.4) is 0 Å². The van der Waals surface area contributed by atoms with Crippen molar-refractivity contribution in [3.8, 4) is 5.75 Å². The van der Waals surface area contributed by atoms with Gasteiger partial charge in [0.2, 0.25) is 0 Å². The fraction of sp³-hybridized carbons (Fsp3) is 0.480. The summed E-state index contributed by atoms with van der Waals surface area (Å²) in [5, 5.41) is 6.83. The van der Waals surface area contributed by atoms with Crippen molar-refractivity contribution in [2.45, 2.75) is 32.9 Å². The molecule has 1 heterocycles. The molecular weight excluding hydrogens is 515 g/mol. The van der Waals surface area contributed by atoms with Gasteiger partial charge in [-0.25, -0.2) is 4.99 Å². The van der Waals surface area contributed by atoms with Crippen molar-refractivity contribution in [1.82, 2.24) is 15.5 Å². The molecule has 0 unspecified atom stereocenters. The molecule has 0 atom stereocenters. The van der Waals surface area contributed by atoms with Crippen LogP contribution in [-0.2, 0) is 24.2 Å². The Balaban J connectivity index is 0.00000363. The number of nitrogens with one attached hydrogen (secondary N) is 2. The predicted molar refractivity (Wildman–Crippen MR) is 142 cm³/mol. The van der Waals surface area contributed by atoms with Crippen LogP contribution in [0.5, 0.6) is 5.75 Å². The zero-order valence-corrected chi connectivity index (χ0v) is 21.6. The van der Waals surface area contributed by atoms with Gasteiger partial charge in [0.25, 0.3) is 0 Å². The van der Waals surface area contributed by atoms with Gasteiger partial charge in [0, 0.05) is 32.7 Å². The largest absolute Gasteiger partial charge is 0.497 e. The number of aliphatic imine (C=N–C) groups is 1. The number of hydrogen-bond acceptors (Lipinski definition) is 4. The summed E-state index contributed by atoms with van der Waals surface area (Å²) in [5.74, 6) is 1.77. The highest BCUT2D eigenvalue weighted by Crippen LogP contribution is 2.14. The van der Waals surface area contributed by atoms with E-state index in [-0.39, 0.29) is 24.0 Å². The molecular formula is C25H37IN4O2. The Morgan fingerprint density at radius 3 is 2.44 bits per heavy atom. The molecule has 1 fully saturated rings. The summed E-state index contributed by atoms with van der Waals surface area (Å²) in [5.41, 5.74) is 3.95. The summed E-state index contributed by atoms with van der Waals surface area (Å²) >= 11 is 0. The van der Waals surface area contributed by atoms with Crippen molar-refractivity contribution in [2.75, 3.05) is 46.5 Å². The minimum absolute atomic E-state index is 0. The number of nitrogens with zero attached hydrogens (tertiary/aromatic N) is 2. The molecule has 32 heavy (non-hydrogen) atoms. The molecule has 3 rings (SSSR count). The second-order valence-corrected chi connectivity index (χ2v) is 7.73. The standard InChI is InChI=1S/C25H36N4O2.HI/c1-3-26-25(27-14-6-7-21-10-12-24(30-2)13-11-21)28-19-22-8-4-5-9-23(22)20-29-15-17-31-18-16-29;/h4-5,8-13H,3,6-7,14-20H2,1-2H3,(H2,26,27,28);1H. The lowest BCUT2D eigenvalue weighted by Gasteiger charge is -2.27. The zero-order chi connectivity index (χ0) is 21.7. The molecule has 2 aromatic rings. The highest BCUT2D eigenvalue weighted by atomic mass is 127. The predicted octanol–water partition coefficient (Wildman–Crippen LogP) is 3.83. The second kappa shape index (κ2) is 15.1. The lowest BCUT2D eigenvalue weighted by Crippen LogP contribution is -2.38. The van der Waals surface area contributed by atoms with Crippen molar-refractivity contribution < 1.29 is 9.47 Å². The van der Waals surface area contributed by atoms with Crippen LogP contribution >= 0.6 is 24.0 Å². The number of halogens is 1. The van der Waals surface area contributed by atoms with Crippen LogP contribution in [0.25, 0.3) is 0 Å². The Morgan fingerprint density at radius 2 is 1.75 bits per heavy atom. The number of aryl methyl sites for hydroxylation is 1. The van der Waals surface area contributed by atoms with Crippen LogP contribution in [0.15, 0.2) is 53.5 Å². The Morgan fingerprint density at radius 1 is 1.03 bits per heavy atom. The molecule has 6 nitrogen and oxygen atoms in total. The maximum atomic E-state index is 5.47. The molecule has 0 saturated carbocycles. The number of hydrogen-bond donors (Lipinski definition) is 2. The number of ether oxygens (including phenoxy) is 2. The van der Waals surface area contributed by atoms with Crippen molar-refractivity contribution in [2.24, 2.45) is 4.99 Å². The molecule has 1 aliphatic rings. The van der Waals surface area contributed by atoms with Crippen molar-refractivity contribution in [3.63, 3.8) is 0 Å². The van der Waals surface area contributed by atoms with Gasteiger partial charge in [-0.3, -0.25) is 4.90 Å². The van der Waals surface area contributed by atoms with E-state index in [0.29, 0.717) is 6.54 Å². The van der Waals surface area contributed by atoms with E-state index in [1.807, 2.05) is 12.1 Å². The molecule has 7 heteroatoms. The highest BCUT2D eigenvalue weighted by molar-refractivity contribution is 14.0. The van der Waals surface area contributed by atoms with Gasteiger partial charge >= 0.3 is 0 Å². The van der Waals surface area contributed by atoms with Crippen LogP contribution < -0.4 is 15.4 Å². The van der Waals surface area contributed by atoms with E-state index < -0.39 is 0 Å². The summed E-state index contributed by atoms with van der Waals surface area (Å²) in [6.07, 6.45) is 2.07. The summed E-state index contributed by atoms with van der Waals surface area (Å²) in [6.45, 7) is 9.10. The van der Waals surface area contributed by atoms with Gasteiger partial charge in [-0.1, -0.05) is 36.4 Å². The van der Waals surface area contributed by atoms with E-state index in [2.05, 4.69) is 58.9 Å². The minimum Gasteiger partial charge on any atom is -0.497 e. The molecule has 0 amide bonds. The molecule has 176 valence electrons. The van der Waals surface area contributed by atoms with E-state index >= 15 is 0 Å². The van der Waals surface area contributed by atoms with Gasteiger partial charge in [-0.2, -0.15) is 0 Å². The third-order valence-electron chi connectivity index (χ3n) is 5.46. The zero-order valence-electron chi connectivity index (χ0n) is 19.3. The van der Waals surface area contributed by atoms with Gasteiger partial charge in [-0.15, -0.1) is 24.0 Å². The van der Waals surface area contributed by atoms with Crippen LogP contribution in [-0.4, -0.2) is 57.4 Å². The molecule has 0 aliphatic carbocycles. The number of morpholine rings is 1. The monoisotopic (exact) mass is 552 g/mol. The Hall–Kier alpha value is -1.84. The normalized spacial score (nSPS) is 14.5. The van der Waals surface area contributed by atoms with Crippen molar-refractivity contribution in [3.05, 3.63) is 65.2 Å². The first-order valence-electron chi connectivity index (χ1n) is 11.3. The third kappa shape index (κ3) is 8.96. The minimum atomic E-state index is 0. The Kier molecular flexibility index (Phi) is 12.4. The van der Waals surface area contributed by atoms with Gasteiger partial charge < -0.3 is 20.1 Å². The van der Waals surface area contributed by atoms with Crippen LogP contribution in [0.2, 0.25) is 0 Å². The van der Waals surface area contributed by atoms with Crippen LogP contribution in [0, 0.1) is 0 Å². The average molecular weight is 553 g/mol. The van der Waals surface area contributed by atoms with E-state index in [1.165, 1.54) is 16.7 Å². The maximum Gasteiger partial charge on any atom is 0.191 e. The van der Waals surface area contributed by atoms with Gasteiger partial charge in [0.15, 0.2) is 5.96 Å². The highest BCUT2D eigenvalue weighted by Gasteiger charge is 2.12. The number of guanidine groups is 1. The van der Waals surface area contributed by atoms with E-state index in [0.717, 1.165) is 70.5 Å². The lowest BCUT2D eigenvalue weighted by atomic mass is 10.1. The van der Waals surface area contributed by atoms with Crippen molar-refractivity contribution >= 4 is 29.9 Å². The molecule has 2 aromatic carbocycles. The summed E-state index contributed by atoms with van der Waals surface area (Å²) in [7, 11) is 1.70. The Labute approximate surface area is 209 Å². The van der Waals surface area contributed by atoms with E-state index in [1.54, 1.807) is 7.11 Å². The molecule has 0 aromatic heterocycles. The Bertz CT molecular complexity index is 808. The lowest BCUT2D eigenvalue weighted by molar-refractivity contribution is 0.0341. The summed E-state index contributed by atoms with van der Waals surface area (Å²) < 4.78 is 10.7. The maximum absolute atomic E-state index is 5.47. The molecule has 1 saturated heterocycles. The summed E-state index contributed by atoms with van der Waals surface area (Å²) in [4.78, 5) is 7.29. The van der Waals surface area contributed by atoms with Crippen LogP contribution in [0.4, 0.5) is 0 Å². The third-order valence-corrected chi connectivity index (χ3v) is 5.46. The molecule has 2 N–H and O–H groups in total. The first kappa shape index (κ1) is 26.4. The quantitative estimate of drug-likeness (QED) is 0.203. The number of rotatable bonds is 10. The fourth-order valence-corrected chi connectivity index (χ4v) is 3.66. The van der Waals surface area contributed by atoms with Gasteiger partial charge in [-0.05, 0) is 48.6 Å². The number of methoxy groups -OCH3 is 1. The molecule has 1 aliphatic heterocycles. The van der Waals surface area contributed by atoms with Crippen LogP contribution in [0.1, 0.15) is 30.0 Å². The van der Waals surface area contributed by atoms with Gasteiger partial charge in [0.1, 0.15) is 5.75 Å². The summed E-state index contributed by atoms with van der Waals surface area (Å²) in [6, 6.07) is 16.9. The first-order chi connectivity index (χ1) is 15.3. The average Bonchev–Trinajstić information content (AvgIpc) is 2.82. The molecule has 0 spiro atoms. The van der Waals surface area contributed by atoms with E-state index in [9.17, 15) is 0 Å². The van der Waals surface area contributed by atoms with Gasteiger partial charge in [0.05, 0.1) is 26.9 Å². The fourth-order valence-electron chi connectivity index (χ4n) is 3.66. The topological polar surface area (TPSA) is 58.1 Å².